The number of nitrogens with one attached hydrogen (secondary N) is 1. The Bertz CT molecular complexity index is 834. The zero-order valence-corrected chi connectivity index (χ0v) is 16.8. The van der Waals surface area contributed by atoms with E-state index in [9.17, 15) is 18.0 Å². The second-order valence-electron chi connectivity index (χ2n) is 7.15. The van der Waals surface area contributed by atoms with E-state index >= 15 is 0 Å². The minimum absolute atomic E-state index is 0.0834. The van der Waals surface area contributed by atoms with Crippen molar-refractivity contribution < 1.29 is 18.0 Å². The molecule has 0 spiro atoms. The van der Waals surface area contributed by atoms with Crippen LogP contribution in [-0.2, 0) is 11.0 Å². The maximum Gasteiger partial charge on any atom is 0.416 e. The molecule has 1 amide bonds. The van der Waals surface area contributed by atoms with Gasteiger partial charge >= 0.3 is 6.18 Å². The highest BCUT2D eigenvalue weighted by Crippen LogP contribution is 2.31. The van der Waals surface area contributed by atoms with Crippen LogP contribution in [0.2, 0.25) is 5.02 Å². The molecule has 0 bridgehead atoms. The Morgan fingerprint density at radius 3 is 2.38 bits per heavy atom. The van der Waals surface area contributed by atoms with E-state index in [-0.39, 0.29) is 18.5 Å². The van der Waals surface area contributed by atoms with Crippen molar-refractivity contribution in [3.63, 3.8) is 0 Å². The molecule has 0 aliphatic carbocycles. The number of rotatable bonds is 5. The van der Waals surface area contributed by atoms with Gasteiger partial charge in [-0.2, -0.15) is 13.2 Å². The molecule has 0 saturated carbocycles. The van der Waals surface area contributed by atoms with E-state index < -0.39 is 11.7 Å². The number of halogens is 4. The zero-order valence-electron chi connectivity index (χ0n) is 16.0. The van der Waals surface area contributed by atoms with Gasteiger partial charge < -0.3 is 10.2 Å². The summed E-state index contributed by atoms with van der Waals surface area (Å²) in [6.45, 7) is 4.53. The predicted molar refractivity (Wildman–Crippen MR) is 108 cm³/mol. The van der Waals surface area contributed by atoms with Gasteiger partial charge in [-0.15, -0.1) is 0 Å². The van der Waals surface area contributed by atoms with Crippen molar-refractivity contribution in [3.05, 3.63) is 64.7 Å². The van der Waals surface area contributed by atoms with Gasteiger partial charge in [0, 0.05) is 36.9 Å². The van der Waals surface area contributed by atoms with Gasteiger partial charge in [-0.3, -0.25) is 9.69 Å². The number of amides is 1. The van der Waals surface area contributed by atoms with Crippen LogP contribution in [0.4, 0.5) is 18.9 Å². The standard InChI is InChI=1S/C21H23ClF3N3O/c1-15(16-5-7-18(22)8-6-16)26-20(29)14-27-9-11-28(12-10-27)19-4-2-3-17(13-19)21(23,24)25/h2-8,13,15H,9-12,14H2,1H3,(H,26,29)/t15-/m1/s1. The molecule has 8 heteroatoms. The van der Waals surface area contributed by atoms with Gasteiger partial charge in [-0.1, -0.05) is 29.8 Å². The number of carbonyl (C=O) groups is 1. The van der Waals surface area contributed by atoms with E-state index in [1.807, 2.05) is 28.9 Å². The number of nitrogens with zero attached hydrogens (tertiary/aromatic N) is 2. The van der Waals surface area contributed by atoms with Crippen LogP contribution in [0.5, 0.6) is 0 Å². The second kappa shape index (κ2) is 9.05. The van der Waals surface area contributed by atoms with Crippen LogP contribution in [0.15, 0.2) is 48.5 Å². The quantitative estimate of drug-likeness (QED) is 0.773. The molecule has 1 aliphatic rings. The van der Waals surface area contributed by atoms with Gasteiger partial charge in [-0.25, -0.2) is 0 Å². The summed E-state index contributed by atoms with van der Waals surface area (Å²) < 4.78 is 38.7. The van der Waals surface area contributed by atoms with Crippen molar-refractivity contribution in [1.29, 1.82) is 0 Å². The first kappa shape index (κ1) is 21.5. The van der Waals surface area contributed by atoms with Crippen molar-refractivity contribution in [1.82, 2.24) is 10.2 Å². The fraction of sp³-hybridized carbons (Fsp3) is 0.381. The first-order valence-corrected chi connectivity index (χ1v) is 9.79. The van der Waals surface area contributed by atoms with Crippen LogP contribution in [0.1, 0.15) is 24.1 Å². The largest absolute Gasteiger partial charge is 0.416 e. The van der Waals surface area contributed by atoms with Gasteiger partial charge in [0.15, 0.2) is 0 Å². The third-order valence-electron chi connectivity index (χ3n) is 5.03. The topological polar surface area (TPSA) is 35.6 Å². The molecule has 2 aromatic carbocycles. The Kier molecular flexibility index (Phi) is 6.70. The van der Waals surface area contributed by atoms with Crippen LogP contribution in [0.25, 0.3) is 0 Å². The third-order valence-corrected chi connectivity index (χ3v) is 5.28. The Hall–Kier alpha value is -2.25. The smallest absolute Gasteiger partial charge is 0.369 e. The maximum absolute atomic E-state index is 12.9. The predicted octanol–water partition coefficient (Wildman–Crippen LogP) is 4.36. The number of alkyl halides is 3. The summed E-state index contributed by atoms with van der Waals surface area (Å²) in [5.74, 6) is -0.0834. The number of anilines is 1. The molecule has 1 heterocycles. The maximum atomic E-state index is 12.9. The van der Waals surface area contributed by atoms with Gasteiger partial charge in [-0.05, 0) is 42.8 Å². The van der Waals surface area contributed by atoms with Crippen molar-refractivity contribution in [3.8, 4) is 0 Å². The van der Waals surface area contributed by atoms with E-state index in [2.05, 4.69) is 5.32 Å². The minimum Gasteiger partial charge on any atom is -0.369 e. The highest BCUT2D eigenvalue weighted by molar-refractivity contribution is 6.30. The van der Waals surface area contributed by atoms with E-state index in [0.29, 0.717) is 36.9 Å². The summed E-state index contributed by atoms with van der Waals surface area (Å²) in [6, 6.07) is 12.6. The number of piperazine rings is 1. The fourth-order valence-electron chi connectivity index (χ4n) is 3.37. The SMILES string of the molecule is C[C@@H](NC(=O)CN1CCN(c2cccc(C(F)(F)F)c2)CC1)c1ccc(Cl)cc1. The second-order valence-corrected chi connectivity index (χ2v) is 7.59. The molecule has 29 heavy (non-hydrogen) atoms. The lowest BCUT2D eigenvalue weighted by molar-refractivity contribution is -0.137. The number of benzene rings is 2. The van der Waals surface area contributed by atoms with Crippen molar-refractivity contribution in [2.24, 2.45) is 0 Å². The fourth-order valence-corrected chi connectivity index (χ4v) is 3.49. The van der Waals surface area contributed by atoms with Crippen LogP contribution in [-0.4, -0.2) is 43.5 Å². The summed E-state index contributed by atoms with van der Waals surface area (Å²) >= 11 is 5.88. The highest BCUT2D eigenvalue weighted by Gasteiger charge is 2.31. The van der Waals surface area contributed by atoms with Crippen molar-refractivity contribution in [2.45, 2.75) is 19.1 Å². The molecule has 0 aromatic heterocycles. The molecule has 1 fully saturated rings. The average molecular weight is 426 g/mol. The molecule has 1 saturated heterocycles. The zero-order chi connectivity index (χ0) is 21.0. The molecular formula is C21H23ClF3N3O. The number of hydrogen-bond acceptors (Lipinski definition) is 3. The van der Waals surface area contributed by atoms with E-state index in [4.69, 9.17) is 11.6 Å². The normalized spacial score (nSPS) is 16.5. The summed E-state index contributed by atoms with van der Waals surface area (Å²) in [4.78, 5) is 16.3. The Labute approximate surface area is 173 Å². The molecule has 3 rings (SSSR count). The van der Waals surface area contributed by atoms with Gasteiger partial charge in [0.2, 0.25) is 5.91 Å². The van der Waals surface area contributed by atoms with Crippen LogP contribution >= 0.6 is 11.6 Å². The molecular weight excluding hydrogens is 403 g/mol. The first-order chi connectivity index (χ1) is 13.7. The summed E-state index contributed by atoms with van der Waals surface area (Å²) in [5, 5.41) is 3.61. The molecule has 0 radical (unpaired) electrons. The van der Waals surface area contributed by atoms with Crippen molar-refractivity contribution in [2.75, 3.05) is 37.6 Å². The lowest BCUT2D eigenvalue weighted by atomic mass is 10.1. The van der Waals surface area contributed by atoms with Gasteiger partial charge in [0.1, 0.15) is 0 Å². The summed E-state index contributed by atoms with van der Waals surface area (Å²) in [6.07, 6.45) is -4.35. The molecule has 2 aromatic rings. The first-order valence-electron chi connectivity index (χ1n) is 9.42. The van der Waals surface area contributed by atoms with Crippen LogP contribution < -0.4 is 10.2 Å². The molecule has 0 unspecified atom stereocenters. The minimum atomic E-state index is -4.35. The van der Waals surface area contributed by atoms with Gasteiger partial charge in [0.25, 0.3) is 0 Å². The van der Waals surface area contributed by atoms with E-state index in [0.717, 1.165) is 11.6 Å². The average Bonchev–Trinajstić information content (AvgIpc) is 2.68. The summed E-state index contributed by atoms with van der Waals surface area (Å²) in [7, 11) is 0. The monoisotopic (exact) mass is 425 g/mol. The van der Waals surface area contributed by atoms with E-state index in [1.54, 1.807) is 18.2 Å². The van der Waals surface area contributed by atoms with E-state index in [1.165, 1.54) is 12.1 Å². The Morgan fingerprint density at radius 1 is 1.10 bits per heavy atom. The van der Waals surface area contributed by atoms with Crippen molar-refractivity contribution >= 4 is 23.2 Å². The van der Waals surface area contributed by atoms with Crippen LogP contribution in [0.3, 0.4) is 0 Å². The lowest BCUT2D eigenvalue weighted by Gasteiger charge is -2.36. The lowest BCUT2D eigenvalue weighted by Crippen LogP contribution is -2.49. The molecule has 1 N–H and O–H groups in total. The Balaban J connectivity index is 1.49. The number of carbonyl (C=O) groups excluding carboxylic acids is 1. The highest BCUT2D eigenvalue weighted by atomic mass is 35.5. The number of hydrogen-bond donors (Lipinski definition) is 1. The van der Waals surface area contributed by atoms with Gasteiger partial charge in [0.05, 0.1) is 18.2 Å². The molecule has 156 valence electrons. The third kappa shape index (κ3) is 5.87. The molecule has 1 aliphatic heterocycles. The molecule has 4 nitrogen and oxygen atoms in total. The van der Waals surface area contributed by atoms with Crippen LogP contribution in [0, 0.1) is 0 Å². The summed E-state index contributed by atoms with van der Waals surface area (Å²) in [5.41, 5.74) is 0.880. The Morgan fingerprint density at radius 2 is 1.76 bits per heavy atom. The molecule has 1 atom stereocenters.